The number of nitrogens with one attached hydrogen (secondary N) is 1. The average molecular weight is 431 g/mol. The van der Waals surface area contributed by atoms with Crippen molar-refractivity contribution in [3.8, 4) is 5.75 Å². The molecule has 2 aromatic carbocycles. The van der Waals surface area contributed by atoms with Crippen molar-refractivity contribution in [2.45, 2.75) is 6.92 Å². The molecule has 3 rings (SSSR count). The van der Waals surface area contributed by atoms with E-state index in [4.69, 9.17) is 9.47 Å². The number of morpholine rings is 1. The largest absolute Gasteiger partial charge is 0.493 e. The fourth-order valence-corrected chi connectivity index (χ4v) is 3.24. The fraction of sp³-hybridized carbons (Fsp3) is 0.286. The summed E-state index contributed by atoms with van der Waals surface area (Å²) in [5, 5.41) is 2.89. The van der Waals surface area contributed by atoms with Crippen molar-refractivity contribution in [3.63, 3.8) is 0 Å². The summed E-state index contributed by atoms with van der Waals surface area (Å²) in [6, 6.07) is 13.6. The minimum atomic E-state index is -0.184. The van der Waals surface area contributed by atoms with E-state index in [1.165, 1.54) is 6.08 Å². The van der Waals surface area contributed by atoms with Gasteiger partial charge in [0.25, 0.3) is 0 Å². The highest BCUT2D eigenvalue weighted by Crippen LogP contribution is 2.25. The van der Waals surface area contributed by atoms with E-state index in [1.54, 1.807) is 6.08 Å². The molecule has 5 nitrogen and oxygen atoms in total. The lowest BCUT2D eigenvalue weighted by Crippen LogP contribution is -2.36. The van der Waals surface area contributed by atoms with Gasteiger partial charge in [-0.25, -0.2) is 0 Å². The van der Waals surface area contributed by atoms with Gasteiger partial charge in [-0.1, -0.05) is 15.9 Å². The lowest BCUT2D eigenvalue weighted by atomic mass is 10.2. The molecule has 6 heteroatoms. The van der Waals surface area contributed by atoms with Crippen LogP contribution in [0.25, 0.3) is 6.08 Å². The van der Waals surface area contributed by atoms with Crippen LogP contribution >= 0.6 is 15.9 Å². The second kappa shape index (κ2) is 9.58. The summed E-state index contributed by atoms with van der Waals surface area (Å²) in [6.07, 6.45) is 3.27. The first-order chi connectivity index (χ1) is 13.2. The average Bonchev–Trinajstić information content (AvgIpc) is 2.69. The second-order valence-corrected chi connectivity index (χ2v) is 7.00. The molecule has 2 aromatic rings. The Hall–Kier alpha value is -2.31. The minimum absolute atomic E-state index is 0.184. The van der Waals surface area contributed by atoms with E-state index >= 15 is 0 Å². The van der Waals surface area contributed by atoms with Gasteiger partial charge in [0.15, 0.2) is 0 Å². The summed E-state index contributed by atoms with van der Waals surface area (Å²) >= 11 is 3.45. The van der Waals surface area contributed by atoms with Crippen molar-refractivity contribution in [1.82, 2.24) is 0 Å². The van der Waals surface area contributed by atoms with Gasteiger partial charge in [0, 0.05) is 40.6 Å². The Morgan fingerprint density at radius 3 is 2.67 bits per heavy atom. The molecule has 27 heavy (non-hydrogen) atoms. The zero-order valence-electron chi connectivity index (χ0n) is 15.3. The maximum Gasteiger partial charge on any atom is 0.248 e. The van der Waals surface area contributed by atoms with Crippen LogP contribution in [0.2, 0.25) is 0 Å². The molecular weight excluding hydrogens is 408 g/mol. The molecule has 0 atom stereocenters. The number of anilines is 2. The van der Waals surface area contributed by atoms with Gasteiger partial charge in [0.2, 0.25) is 5.91 Å². The van der Waals surface area contributed by atoms with Crippen LogP contribution in [-0.4, -0.2) is 38.8 Å². The highest BCUT2D eigenvalue weighted by Gasteiger charge is 2.11. The normalized spacial score (nSPS) is 14.4. The van der Waals surface area contributed by atoms with Crippen LogP contribution < -0.4 is 15.0 Å². The van der Waals surface area contributed by atoms with E-state index in [-0.39, 0.29) is 5.91 Å². The predicted octanol–water partition coefficient (Wildman–Crippen LogP) is 4.34. The van der Waals surface area contributed by atoms with Crippen LogP contribution in [0.3, 0.4) is 0 Å². The Balaban J connectivity index is 1.62. The molecule has 0 unspecified atom stereocenters. The smallest absolute Gasteiger partial charge is 0.248 e. The van der Waals surface area contributed by atoms with Gasteiger partial charge in [0.05, 0.1) is 19.8 Å². The summed E-state index contributed by atoms with van der Waals surface area (Å²) < 4.78 is 11.9. The Morgan fingerprint density at radius 2 is 1.96 bits per heavy atom. The minimum Gasteiger partial charge on any atom is -0.493 e. The highest BCUT2D eigenvalue weighted by atomic mass is 79.9. The first-order valence-electron chi connectivity index (χ1n) is 9.00. The van der Waals surface area contributed by atoms with Crippen molar-refractivity contribution in [3.05, 3.63) is 58.6 Å². The lowest BCUT2D eigenvalue weighted by molar-refractivity contribution is -0.111. The van der Waals surface area contributed by atoms with Gasteiger partial charge in [0.1, 0.15) is 5.75 Å². The molecule has 0 aromatic heterocycles. The fourth-order valence-electron chi connectivity index (χ4n) is 2.86. The summed E-state index contributed by atoms with van der Waals surface area (Å²) in [5.74, 6) is 0.566. The molecule has 1 N–H and O–H groups in total. The highest BCUT2D eigenvalue weighted by molar-refractivity contribution is 9.10. The summed E-state index contributed by atoms with van der Waals surface area (Å²) in [5.41, 5.74) is 2.76. The number of nitrogens with zero attached hydrogens (tertiary/aromatic N) is 1. The van der Waals surface area contributed by atoms with Crippen molar-refractivity contribution >= 4 is 39.3 Å². The number of halogens is 1. The van der Waals surface area contributed by atoms with Gasteiger partial charge in [-0.3, -0.25) is 4.79 Å². The number of benzene rings is 2. The van der Waals surface area contributed by atoms with Crippen LogP contribution in [0.4, 0.5) is 11.4 Å². The third-order valence-electron chi connectivity index (χ3n) is 4.20. The first kappa shape index (κ1) is 19.5. The molecule has 1 heterocycles. The summed E-state index contributed by atoms with van der Waals surface area (Å²) in [7, 11) is 0. The Morgan fingerprint density at radius 1 is 1.22 bits per heavy atom. The maximum atomic E-state index is 12.2. The number of carbonyl (C=O) groups excluding carboxylic acids is 1. The first-order valence-corrected chi connectivity index (χ1v) is 9.79. The van der Waals surface area contributed by atoms with Crippen LogP contribution in [0.15, 0.2) is 53.0 Å². The van der Waals surface area contributed by atoms with Crippen LogP contribution in [0, 0.1) is 0 Å². The third kappa shape index (κ3) is 5.58. The molecule has 0 radical (unpaired) electrons. The zero-order chi connectivity index (χ0) is 19.1. The van der Waals surface area contributed by atoms with Crippen molar-refractivity contribution in [1.29, 1.82) is 0 Å². The molecular formula is C21H23BrN2O3. The van der Waals surface area contributed by atoms with Crippen LogP contribution in [0.1, 0.15) is 12.5 Å². The topological polar surface area (TPSA) is 50.8 Å². The molecule has 1 saturated heterocycles. The summed E-state index contributed by atoms with van der Waals surface area (Å²) in [4.78, 5) is 14.5. The molecule has 1 fully saturated rings. The Labute approximate surface area is 168 Å². The number of ether oxygens (including phenoxy) is 2. The van der Waals surface area contributed by atoms with Gasteiger partial charge in [-0.05, 0) is 55.5 Å². The van der Waals surface area contributed by atoms with E-state index in [2.05, 4.69) is 26.1 Å². The zero-order valence-corrected chi connectivity index (χ0v) is 16.9. The molecule has 0 spiro atoms. The van der Waals surface area contributed by atoms with Crippen molar-refractivity contribution < 1.29 is 14.3 Å². The van der Waals surface area contributed by atoms with Gasteiger partial charge < -0.3 is 19.7 Å². The number of amides is 1. The van der Waals surface area contributed by atoms with Crippen molar-refractivity contribution in [2.24, 2.45) is 0 Å². The second-order valence-electron chi connectivity index (χ2n) is 6.08. The van der Waals surface area contributed by atoms with E-state index in [0.717, 1.165) is 53.5 Å². The van der Waals surface area contributed by atoms with Crippen LogP contribution in [-0.2, 0) is 9.53 Å². The number of rotatable bonds is 6. The molecule has 0 aliphatic carbocycles. The quantitative estimate of drug-likeness (QED) is 0.692. The van der Waals surface area contributed by atoms with E-state index in [9.17, 15) is 4.79 Å². The third-order valence-corrected chi connectivity index (χ3v) is 4.69. The summed E-state index contributed by atoms with van der Waals surface area (Å²) in [6.45, 7) is 5.80. The monoisotopic (exact) mass is 430 g/mol. The standard InChI is InChI=1S/C21H23BrN2O3/c1-2-27-20-9-4-17(22)15-16(20)3-10-21(25)23-18-5-7-19(8-6-18)24-11-13-26-14-12-24/h3-10,15H,2,11-14H2,1H3,(H,23,25). The number of hydrogen-bond acceptors (Lipinski definition) is 4. The molecule has 0 saturated carbocycles. The SMILES string of the molecule is CCOc1ccc(Br)cc1C=CC(=O)Nc1ccc(N2CCOCC2)cc1. The van der Waals surface area contributed by atoms with Crippen molar-refractivity contribution in [2.75, 3.05) is 43.1 Å². The molecule has 0 bridgehead atoms. The van der Waals surface area contributed by atoms with Gasteiger partial charge in [-0.15, -0.1) is 0 Å². The predicted molar refractivity (Wildman–Crippen MR) is 112 cm³/mol. The van der Waals surface area contributed by atoms with Crippen LogP contribution in [0.5, 0.6) is 5.75 Å². The number of carbonyl (C=O) groups is 1. The van der Waals surface area contributed by atoms with E-state index < -0.39 is 0 Å². The molecule has 1 aliphatic rings. The van der Waals surface area contributed by atoms with E-state index in [0.29, 0.717) is 6.61 Å². The Bertz CT molecular complexity index is 800. The van der Waals surface area contributed by atoms with Gasteiger partial charge >= 0.3 is 0 Å². The van der Waals surface area contributed by atoms with Gasteiger partial charge in [-0.2, -0.15) is 0 Å². The Kier molecular flexibility index (Phi) is 6.90. The lowest BCUT2D eigenvalue weighted by Gasteiger charge is -2.28. The molecule has 1 amide bonds. The maximum absolute atomic E-state index is 12.2. The van der Waals surface area contributed by atoms with E-state index in [1.807, 2.05) is 49.4 Å². The molecule has 142 valence electrons. The molecule has 1 aliphatic heterocycles. The number of hydrogen-bond donors (Lipinski definition) is 1.